The number of carbonyl (C=O) groups excluding carboxylic acids is 1. The van der Waals surface area contributed by atoms with Crippen molar-refractivity contribution in [3.05, 3.63) is 17.5 Å². The lowest BCUT2D eigenvalue weighted by atomic mass is 9.83. The number of aromatic nitrogens is 1. The molecule has 0 spiro atoms. The van der Waals surface area contributed by atoms with E-state index in [0.717, 1.165) is 38.6 Å². The van der Waals surface area contributed by atoms with Crippen molar-refractivity contribution in [2.75, 3.05) is 45.9 Å². The number of piperidine rings is 2. The first-order valence-corrected chi connectivity index (χ1v) is 10.1. The van der Waals surface area contributed by atoms with Gasteiger partial charge in [0, 0.05) is 31.7 Å². The molecule has 7 heteroatoms. The second kappa shape index (κ2) is 8.50. The van der Waals surface area contributed by atoms with Gasteiger partial charge in [-0.05, 0) is 44.7 Å². The Morgan fingerprint density at radius 3 is 2.88 bits per heavy atom. The fourth-order valence-corrected chi connectivity index (χ4v) is 4.60. The summed E-state index contributed by atoms with van der Waals surface area (Å²) in [6, 6.07) is 2.42. The fraction of sp³-hybridized carbons (Fsp3) is 0.789. The Labute approximate surface area is 155 Å². The molecule has 3 saturated heterocycles. The largest absolute Gasteiger partial charge is 0.379 e. The summed E-state index contributed by atoms with van der Waals surface area (Å²) in [5.41, 5.74) is 0.393. The number of nitrogens with one attached hydrogen (secondary N) is 1. The third-order valence-electron chi connectivity index (χ3n) is 6.03. The van der Waals surface area contributed by atoms with Crippen molar-refractivity contribution < 1.29 is 14.1 Å². The van der Waals surface area contributed by atoms with Gasteiger partial charge in [0.2, 0.25) is 0 Å². The minimum Gasteiger partial charge on any atom is -0.379 e. The van der Waals surface area contributed by atoms with Crippen molar-refractivity contribution in [1.29, 1.82) is 0 Å². The van der Waals surface area contributed by atoms with E-state index >= 15 is 0 Å². The molecule has 2 atom stereocenters. The minimum atomic E-state index is -0.116. The monoisotopic (exact) mass is 362 g/mol. The number of ether oxygens (including phenoxy) is 1. The van der Waals surface area contributed by atoms with Crippen LogP contribution in [0.5, 0.6) is 0 Å². The zero-order valence-corrected chi connectivity index (χ0v) is 15.5. The van der Waals surface area contributed by atoms with E-state index in [2.05, 4.69) is 20.3 Å². The first kappa shape index (κ1) is 17.9. The second-order valence-electron chi connectivity index (χ2n) is 7.78. The van der Waals surface area contributed by atoms with E-state index in [1.165, 1.54) is 45.2 Å². The maximum Gasteiger partial charge on any atom is 0.273 e. The highest BCUT2D eigenvalue weighted by molar-refractivity contribution is 5.92. The molecule has 144 valence electrons. The summed E-state index contributed by atoms with van der Waals surface area (Å²) in [5, 5.41) is 7.07. The van der Waals surface area contributed by atoms with Crippen molar-refractivity contribution >= 4 is 5.91 Å². The van der Waals surface area contributed by atoms with Gasteiger partial charge in [-0.15, -0.1) is 0 Å². The summed E-state index contributed by atoms with van der Waals surface area (Å²) in [7, 11) is 0. The molecule has 3 aliphatic heterocycles. The molecule has 1 aromatic heterocycles. The lowest BCUT2D eigenvalue weighted by Gasteiger charge is -2.44. The SMILES string of the molecule is O=C(NC[C@@H]1CCCN2CCCC[C@H]12)c1cc(CN2CCOCC2)on1. The van der Waals surface area contributed by atoms with E-state index in [0.29, 0.717) is 24.2 Å². The molecule has 0 radical (unpaired) electrons. The molecular formula is C19H30N4O3. The zero-order valence-electron chi connectivity index (χ0n) is 15.5. The summed E-state index contributed by atoms with van der Waals surface area (Å²) >= 11 is 0. The van der Waals surface area contributed by atoms with Gasteiger partial charge < -0.3 is 19.5 Å². The van der Waals surface area contributed by atoms with Crippen molar-refractivity contribution in [2.45, 2.75) is 44.7 Å². The lowest BCUT2D eigenvalue weighted by Crippen LogP contribution is -2.51. The smallest absolute Gasteiger partial charge is 0.273 e. The summed E-state index contributed by atoms with van der Waals surface area (Å²) in [6.07, 6.45) is 6.36. The Kier molecular flexibility index (Phi) is 5.87. The van der Waals surface area contributed by atoms with Crippen LogP contribution in [0, 0.1) is 5.92 Å². The van der Waals surface area contributed by atoms with E-state index in [1.54, 1.807) is 6.07 Å². The molecular weight excluding hydrogens is 332 g/mol. The van der Waals surface area contributed by atoms with Crippen molar-refractivity contribution in [3.8, 4) is 0 Å². The number of hydrogen-bond donors (Lipinski definition) is 1. The summed E-state index contributed by atoms with van der Waals surface area (Å²) in [6.45, 7) is 7.16. The van der Waals surface area contributed by atoms with Gasteiger partial charge in [-0.25, -0.2) is 0 Å². The molecule has 0 bridgehead atoms. The topological polar surface area (TPSA) is 70.8 Å². The Morgan fingerprint density at radius 1 is 1.15 bits per heavy atom. The summed E-state index contributed by atoms with van der Waals surface area (Å²) in [4.78, 5) is 17.4. The van der Waals surface area contributed by atoms with E-state index in [-0.39, 0.29) is 5.91 Å². The third-order valence-corrected chi connectivity index (χ3v) is 6.03. The lowest BCUT2D eigenvalue weighted by molar-refractivity contribution is 0.0305. The van der Waals surface area contributed by atoms with Crippen molar-refractivity contribution in [3.63, 3.8) is 0 Å². The van der Waals surface area contributed by atoms with Gasteiger partial charge in [-0.1, -0.05) is 11.6 Å². The second-order valence-corrected chi connectivity index (χ2v) is 7.78. The predicted octanol–water partition coefficient (Wildman–Crippen LogP) is 1.50. The molecule has 0 aromatic carbocycles. The Morgan fingerprint density at radius 2 is 2.00 bits per heavy atom. The molecule has 0 aliphatic carbocycles. The van der Waals surface area contributed by atoms with Crippen molar-refractivity contribution in [1.82, 2.24) is 20.3 Å². The molecule has 4 rings (SSSR count). The first-order chi connectivity index (χ1) is 12.8. The van der Waals surface area contributed by atoms with Gasteiger partial charge in [0.05, 0.1) is 19.8 Å². The quantitative estimate of drug-likeness (QED) is 0.856. The highest BCUT2D eigenvalue weighted by atomic mass is 16.5. The van der Waals surface area contributed by atoms with E-state index in [1.807, 2.05) is 0 Å². The Balaban J connectivity index is 1.28. The van der Waals surface area contributed by atoms with Gasteiger partial charge in [-0.3, -0.25) is 9.69 Å². The van der Waals surface area contributed by atoms with Crippen LogP contribution >= 0.6 is 0 Å². The standard InChI is InChI=1S/C19H30N4O3/c24-19(17-12-16(26-21-17)14-22-8-10-25-11-9-22)20-13-15-4-3-7-23-6-2-1-5-18(15)23/h12,15,18H,1-11,13-14H2,(H,20,24)/t15-,18+/m0/s1. The molecule has 3 aliphatic rings. The van der Waals surface area contributed by atoms with Crippen LogP contribution in [0.3, 0.4) is 0 Å². The number of nitrogens with zero attached hydrogens (tertiary/aromatic N) is 3. The number of carbonyl (C=O) groups is 1. The summed E-state index contributed by atoms with van der Waals surface area (Å²) in [5.74, 6) is 1.19. The van der Waals surface area contributed by atoms with Crippen LogP contribution in [0.25, 0.3) is 0 Å². The van der Waals surface area contributed by atoms with Crippen LogP contribution in [0.2, 0.25) is 0 Å². The average molecular weight is 362 g/mol. The molecule has 7 nitrogen and oxygen atoms in total. The highest BCUT2D eigenvalue weighted by Gasteiger charge is 2.33. The number of rotatable bonds is 5. The predicted molar refractivity (Wildman–Crippen MR) is 96.9 cm³/mol. The Hall–Kier alpha value is -1.44. The van der Waals surface area contributed by atoms with Crippen molar-refractivity contribution in [2.24, 2.45) is 5.92 Å². The molecule has 26 heavy (non-hydrogen) atoms. The van der Waals surface area contributed by atoms with Crippen LogP contribution < -0.4 is 5.32 Å². The van der Waals surface area contributed by atoms with E-state index < -0.39 is 0 Å². The summed E-state index contributed by atoms with van der Waals surface area (Å²) < 4.78 is 10.7. The average Bonchev–Trinajstić information content (AvgIpc) is 3.15. The molecule has 3 fully saturated rings. The molecule has 0 unspecified atom stereocenters. The number of amides is 1. The maximum atomic E-state index is 12.5. The van der Waals surface area contributed by atoms with Gasteiger partial charge in [0.25, 0.3) is 5.91 Å². The number of morpholine rings is 1. The van der Waals surface area contributed by atoms with Crippen LogP contribution in [0.1, 0.15) is 48.4 Å². The van der Waals surface area contributed by atoms with Gasteiger partial charge in [-0.2, -0.15) is 0 Å². The van der Waals surface area contributed by atoms with Gasteiger partial charge in [0.1, 0.15) is 0 Å². The number of hydrogen-bond acceptors (Lipinski definition) is 6. The maximum absolute atomic E-state index is 12.5. The number of fused-ring (bicyclic) bond motifs is 1. The minimum absolute atomic E-state index is 0.116. The highest BCUT2D eigenvalue weighted by Crippen LogP contribution is 2.30. The van der Waals surface area contributed by atoms with Crippen LogP contribution in [0.15, 0.2) is 10.6 Å². The third kappa shape index (κ3) is 4.27. The molecule has 4 heterocycles. The van der Waals surface area contributed by atoms with Crippen LogP contribution in [0.4, 0.5) is 0 Å². The molecule has 1 aromatic rings. The van der Waals surface area contributed by atoms with Gasteiger partial charge >= 0.3 is 0 Å². The molecule has 0 saturated carbocycles. The van der Waals surface area contributed by atoms with E-state index in [9.17, 15) is 4.79 Å². The van der Waals surface area contributed by atoms with Gasteiger partial charge in [0.15, 0.2) is 11.5 Å². The van der Waals surface area contributed by atoms with Crippen LogP contribution in [-0.2, 0) is 11.3 Å². The Bertz CT molecular complexity index is 597. The fourth-order valence-electron chi connectivity index (χ4n) is 4.60. The molecule has 1 N–H and O–H groups in total. The van der Waals surface area contributed by atoms with E-state index in [4.69, 9.17) is 9.26 Å². The molecule has 1 amide bonds. The zero-order chi connectivity index (χ0) is 17.8. The van der Waals surface area contributed by atoms with Crippen LogP contribution in [-0.4, -0.2) is 72.8 Å². The normalized spacial score (nSPS) is 27.8. The first-order valence-electron chi connectivity index (χ1n) is 10.1.